The SMILES string of the molecule is Nc1cnc(C2CC2)c(Sc2ccc(OC(F)(F)F)cc2)c1. The lowest BCUT2D eigenvalue weighted by molar-refractivity contribution is -0.274. The van der Waals surface area contributed by atoms with Gasteiger partial charge in [0.2, 0.25) is 0 Å². The van der Waals surface area contributed by atoms with Gasteiger partial charge in [-0.2, -0.15) is 0 Å². The van der Waals surface area contributed by atoms with E-state index < -0.39 is 6.36 Å². The average molecular weight is 326 g/mol. The molecule has 0 spiro atoms. The summed E-state index contributed by atoms with van der Waals surface area (Å²) in [6.45, 7) is 0. The largest absolute Gasteiger partial charge is 0.573 e. The smallest absolute Gasteiger partial charge is 0.406 e. The first-order valence-corrected chi connectivity index (χ1v) is 7.51. The van der Waals surface area contributed by atoms with E-state index in [1.165, 1.54) is 23.9 Å². The Morgan fingerprint density at radius 2 is 1.86 bits per heavy atom. The number of nitrogens with two attached hydrogens (primary N) is 1. The Morgan fingerprint density at radius 3 is 2.45 bits per heavy atom. The number of nitrogens with zero attached hydrogens (tertiary/aromatic N) is 1. The molecule has 2 N–H and O–H groups in total. The van der Waals surface area contributed by atoms with E-state index >= 15 is 0 Å². The molecule has 0 radical (unpaired) electrons. The highest BCUT2D eigenvalue weighted by molar-refractivity contribution is 7.99. The van der Waals surface area contributed by atoms with E-state index in [4.69, 9.17) is 5.73 Å². The topological polar surface area (TPSA) is 48.1 Å². The minimum Gasteiger partial charge on any atom is -0.406 e. The molecular formula is C15H13F3N2OS. The Labute approximate surface area is 129 Å². The van der Waals surface area contributed by atoms with Crippen molar-refractivity contribution in [1.82, 2.24) is 4.98 Å². The zero-order valence-electron chi connectivity index (χ0n) is 11.4. The van der Waals surface area contributed by atoms with Crippen LogP contribution in [-0.2, 0) is 0 Å². The lowest BCUT2D eigenvalue weighted by atomic mass is 10.2. The lowest BCUT2D eigenvalue weighted by Gasteiger charge is -2.10. The van der Waals surface area contributed by atoms with Crippen molar-refractivity contribution in [2.75, 3.05) is 5.73 Å². The fourth-order valence-electron chi connectivity index (χ4n) is 2.05. The number of halogens is 3. The number of nitrogen functional groups attached to an aromatic ring is 1. The lowest BCUT2D eigenvalue weighted by Crippen LogP contribution is -2.16. The maximum absolute atomic E-state index is 12.1. The van der Waals surface area contributed by atoms with Crippen LogP contribution in [0.15, 0.2) is 46.3 Å². The minimum absolute atomic E-state index is 0.232. The molecule has 22 heavy (non-hydrogen) atoms. The Bertz CT molecular complexity index is 669. The third-order valence-electron chi connectivity index (χ3n) is 3.15. The van der Waals surface area contributed by atoms with E-state index in [9.17, 15) is 13.2 Å². The molecule has 0 unspecified atom stereocenters. The number of aromatic nitrogens is 1. The Balaban J connectivity index is 1.77. The van der Waals surface area contributed by atoms with Gasteiger partial charge in [0.05, 0.1) is 17.6 Å². The van der Waals surface area contributed by atoms with Gasteiger partial charge in [0.25, 0.3) is 0 Å². The molecule has 0 amide bonds. The van der Waals surface area contributed by atoms with Gasteiger partial charge in [0.15, 0.2) is 0 Å². The molecule has 1 fully saturated rings. The monoisotopic (exact) mass is 326 g/mol. The molecule has 1 aliphatic rings. The molecule has 1 heterocycles. The Morgan fingerprint density at radius 1 is 1.18 bits per heavy atom. The van der Waals surface area contributed by atoms with Crippen molar-refractivity contribution in [3.05, 3.63) is 42.2 Å². The fraction of sp³-hybridized carbons (Fsp3) is 0.267. The van der Waals surface area contributed by atoms with Crippen molar-refractivity contribution in [3.63, 3.8) is 0 Å². The van der Waals surface area contributed by atoms with Crippen LogP contribution in [0.3, 0.4) is 0 Å². The molecule has 0 saturated heterocycles. The second kappa shape index (κ2) is 5.72. The molecule has 1 aromatic heterocycles. The number of rotatable bonds is 4. The van der Waals surface area contributed by atoms with E-state index in [1.807, 2.05) is 6.07 Å². The first kappa shape index (κ1) is 15.0. The van der Waals surface area contributed by atoms with E-state index in [2.05, 4.69) is 9.72 Å². The second-order valence-electron chi connectivity index (χ2n) is 5.05. The van der Waals surface area contributed by atoms with Crippen molar-refractivity contribution < 1.29 is 17.9 Å². The van der Waals surface area contributed by atoms with Gasteiger partial charge >= 0.3 is 6.36 Å². The Kier molecular flexibility index (Phi) is 3.90. The van der Waals surface area contributed by atoms with Crippen LogP contribution in [0.5, 0.6) is 5.75 Å². The van der Waals surface area contributed by atoms with E-state index in [0.29, 0.717) is 11.6 Å². The van der Waals surface area contributed by atoms with Crippen LogP contribution in [0.1, 0.15) is 24.5 Å². The fourth-order valence-corrected chi connectivity index (χ4v) is 3.10. The molecule has 2 aromatic rings. The van der Waals surface area contributed by atoms with Gasteiger partial charge in [-0.15, -0.1) is 13.2 Å². The molecule has 0 aliphatic heterocycles. The van der Waals surface area contributed by atoms with E-state index in [-0.39, 0.29) is 5.75 Å². The van der Waals surface area contributed by atoms with Crippen molar-refractivity contribution in [1.29, 1.82) is 0 Å². The van der Waals surface area contributed by atoms with Crippen molar-refractivity contribution in [3.8, 4) is 5.75 Å². The summed E-state index contributed by atoms with van der Waals surface area (Å²) in [6, 6.07) is 7.63. The summed E-state index contributed by atoms with van der Waals surface area (Å²) in [5.41, 5.74) is 7.36. The number of pyridine rings is 1. The predicted octanol–water partition coefficient (Wildman–Crippen LogP) is 4.59. The molecule has 1 saturated carbocycles. The summed E-state index contributed by atoms with van der Waals surface area (Å²) < 4.78 is 40.3. The summed E-state index contributed by atoms with van der Waals surface area (Å²) in [5, 5.41) is 0. The molecular weight excluding hydrogens is 313 g/mol. The van der Waals surface area contributed by atoms with Gasteiger partial charge in [-0.05, 0) is 43.2 Å². The number of hydrogen-bond acceptors (Lipinski definition) is 4. The molecule has 7 heteroatoms. The van der Waals surface area contributed by atoms with Crippen LogP contribution >= 0.6 is 11.8 Å². The number of ether oxygens (including phenoxy) is 1. The first-order valence-electron chi connectivity index (χ1n) is 6.70. The molecule has 3 nitrogen and oxygen atoms in total. The first-order chi connectivity index (χ1) is 10.4. The van der Waals surface area contributed by atoms with Gasteiger partial charge < -0.3 is 10.5 Å². The third-order valence-corrected chi connectivity index (χ3v) is 4.21. The quantitative estimate of drug-likeness (QED) is 0.892. The number of benzene rings is 1. The van der Waals surface area contributed by atoms with E-state index in [0.717, 1.165) is 28.3 Å². The molecule has 0 bridgehead atoms. The van der Waals surface area contributed by atoms with E-state index in [1.54, 1.807) is 18.3 Å². The van der Waals surface area contributed by atoms with Gasteiger partial charge in [0, 0.05) is 15.7 Å². The number of alkyl halides is 3. The maximum Gasteiger partial charge on any atom is 0.573 e. The summed E-state index contributed by atoms with van der Waals surface area (Å²) in [5.74, 6) is 0.237. The van der Waals surface area contributed by atoms with Crippen LogP contribution < -0.4 is 10.5 Å². The van der Waals surface area contributed by atoms with Gasteiger partial charge in [-0.3, -0.25) is 4.98 Å². The highest BCUT2D eigenvalue weighted by atomic mass is 32.2. The van der Waals surface area contributed by atoms with Crippen LogP contribution in [0, 0.1) is 0 Å². The number of anilines is 1. The minimum atomic E-state index is -4.67. The standard InChI is InChI=1S/C15H13F3N2OS/c16-15(17,18)21-11-3-5-12(6-4-11)22-13-7-10(19)8-20-14(13)9-1-2-9/h3-9H,1-2,19H2. The van der Waals surface area contributed by atoms with Crippen molar-refractivity contribution in [2.45, 2.75) is 34.9 Å². The normalized spacial score (nSPS) is 14.9. The second-order valence-corrected chi connectivity index (χ2v) is 6.16. The molecule has 116 valence electrons. The Hall–Kier alpha value is -1.89. The van der Waals surface area contributed by atoms with Crippen LogP contribution in [0.2, 0.25) is 0 Å². The zero-order chi connectivity index (χ0) is 15.7. The zero-order valence-corrected chi connectivity index (χ0v) is 12.2. The van der Waals surface area contributed by atoms with Gasteiger partial charge in [-0.1, -0.05) is 11.8 Å². The molecule has 1 aromatic carbocycles. The molecule has 0 atom stereocenters. The summed E-state index contributed by atoms with van der Waals surface area (Å²) in [4.78, 5) is 6.14. The number of hydrogen-bond donors (Lipinski definition) is 1. The summed E-state index contributed by atoms with van der Waals surface area (Å²) >= 11 is 1.44. The molecule has 1 aliphatic carbocycles. The predicted molar refractivity (Wildman–Crippen MR) is 77.9 cm³/mol. The maximum atomic E-state index is 12.1. The van der Waals surface area contributed by atoms with Crippen LogP contribution in [-0.4, -0.2) is 11.3 Å². The average Bonchev–Trinajstić information content (AvgIpc) is 3.24. The van der Waals surface area contributed by atoms with Crippen LogP contribution in [0.4, 0.5) is 18.9 Å². The third kappa shape index (κ3) is 3.85. The van der Waals surface area contributed by atoms with Crippen LogP contribution in [0.25, 0.3) is 0 Å². The summed E-state index contributed by atoms with van der Waals surface area (Å²) in [7, 11) is 0. The highest BCUT2D eigenvalue weighted by Gasteiger charge is 2.31. The molecule has 3 rings (SSSR count). The van der Waals surface area contributed by atoms with Crippen molar-refractivity contribution in [2.24, 2.45) is 0 Å². The van der Waals surface area contributed by atoms with Gasteiger partial charge in [0.1, 0.15) is 5.75 Å². The summed E-state index contributed by atoms with van der Waals surface area (Å²) in [6.07, 6.45) is -0.810. The highest BCUT2D eigenvalue weighted by Crippen LogP contribution is 2.45. The van der Waals surface area contributed by atoms with Crippen molar-refractivity contribution >= 4 is 17.4 Å². The van der Waals surface area contributed by atoms with Gasteiger partial charge in [-0.25, -0.2) is 0 Å².